The predicted molar refractivity (Wildman–Crippen MR) is 97.4 cm³/mol. The van der Waals surface area contributed by atoms with Crippen LogP contribution in [0.3, 0.4) is 0 Å². The van der Waals surface area contributed by atoms with Crippen molar-refractivity contribution in [1.82, 2.24) is 15.1 Å². The first kappa shape index (κ1) is 19.0. The Morgan fingerprint density at radius 2 is 2.08 bits per heavy atom. The van der Waals surface area contributed by atoms with Gasteiger partial charge in [-0.3, -0.25) is 4.79 Å². The zero-order valence-electron chi connectivity index (χ0n) is 15.5. The van der Waals surface area contributed by atoms with Gasteiger partial charge in [0.05, 0.1) is 25.5 Å². The molecule has 0 fully saturated rings. The van der Waals surface area contributed by atoms with Gasteiger partial charge in [0.1, 0.15) is 11.4 Å². The standard InChI is InChI=1S/C19H27N3O3/c1-6-12(2)16(11-23)20-19(24)15-7-8-18(25-5)17(10-15)22-14(4)9-13(3)21-22/h7-10,12,16,23H,6,11H2,1-5H3,(H,20,24)/t12-,16+/m1/s1. The van der Waals surface area contributed by atoms with Crippen LogP contribution in [0, 0.1) is 19.8 Å². The summed E-state index contributed by atoms with van der Waals surface area (Å²) in [5.74, 6) is 0.621. The summed E-state index contributed by atoms with van der Waals surface area (Å²) in [6.07, 6.45) is 0.880. The fourth-order valence-electron chi connectivity index (χ4n) is 2.77. The van der Waals surface area contributed by atoms with Crippen molar-refractivity contribution in [2.75, 3.05) is 13.7 Å². The van der Waals surface area contributed by atoms with Crippen LogP contribution in [0.5, 0.6) is 5.75 Å². The molecule has 0 aliphatic rings. The summed E-state index contributed by atoms with van der Waals surface area (Å²) in [7, 11) is 1.59. The summed E-state index contributed by atoms with van der Waals surface area (Å²) in [5.41, 5.74) is 3.07. The van der Waals surface area contributed by atoms with E-state index < -0.39 is 0 Å². The van der Waals surface area contributed by atoms with Crippen LogP contribution in [0.2, 0.25) is 0 Å². The number of nitrogens with one attached hydrogen (secondary N) is 1. The van der Waals surface area contributed by atoms with Crippen molar-refractivity contribution in [2.45, 2.75) is 40.2 Å². The normalized spacial score (nSPS) is 13.4. The summed E-state index contributed by atoms with van der Waals surface area (Å²) < 4.78 is 7.19. The quantitative estimate of drug-likeness (QED) is 0.809. The highest BCUT2D eigenvalue weighted by Gasteiger charge is 2.20. The van der Waals surface area contributed by atoms with E-state index in [-0.39, 0.29) is 24.5 Å². The fraction of sp³-hybridized carbons (Fsp3) is 0.474. The maximum Gasteiger partial charge on any atom is 0.251 e. The van der Waals surface area contributed by atoms with Crippen molar-refractivity contribution < 1.29 is 14.6 Å². The number of ether oxygens (including phenoxy) is 1. The molecule has 0 bridgehead atoms. The molecule has 2 rings (SSSR count). The lowest BCUT2D eigenvalue weighted by atomic mass is 9.99. The lowest BCUT2D eigenvalue weighted by molar-refractivity contribution is 0.0891. The molecule has 6 nitrogen and oxygen atoms in total. The number of nitrogens with zero attached hydrogens (tertiary/aromatic N) is 2. The molecule has 0 unspecified atom stereocenters. The molecule has 0 aliphatic carbocycles. The molecule has 1 heterocycles. The second-order valence-electron chi connectivity index (χ2n) is 6.37. The lowest BCUT2D eigenvalue weighted by Gasteiger charge is -2.22. The maximum atomic E-state index is 12.6. The Labute approximate surface area is 148 Å². The number of hydrogen-bond donors (Lipinski definition) is 2. The van der Waals surface area contributed by atoms with E-state index in [1.807, 2.05) is 33.8 Å². The van der Waals surface area contributed by atoms with Gasteiger partial charge >= 0.3 is 0 Å². The maximum absolute atomic E-state index is 12.6. The average Bonchev–Trinajstić information content (AvgIpc) is 2.96. The lowest BCUT2D eigenvalue weighted by Crippen LogP contribution is -2.41. The number of benzene rings is 1. The van der Waals surface area contributed by atoms with Crippen LogP contribution in [0.15, 0.2) is 24.3 Å². The number of aliphatic hydroxyl groups is 1. The van der Waals surface area contributed by atoms with Crippen molar-refractivity contribution in [3.8, 4) is 11.4 Å². The molecule has 1 aromatic heterocycles. The first-order valence-corrected chi connectivity index (χ1v) is 8.54. The SMILES string of the molecule is CC[C@@H](C)[C@H](CO)NC(=O)c1ccc(OC)c(-n2nc(C)cc2C)c1. The van der Waals surface area contributed by atoms with E-state index in [1.165, 1.54) is 0 Å². The van der Waals surface area contributed by atoms with Crippen molar-refractivity contribution in [3.63, 3.8) is 0 Å². The molecule has 2 atom stereocenters. The Balaban J connectivity index is 2.35. The van der Waals surface area contributed by atoms with E-state index >= 15 is 0 Å². The van der Waals surface area contributed by atoms with Gasteiger partial charge in [-0.1, -0.05) is 20.3 Å². The molecule has 2 aromatic rings. The first-order chi connectivity index (χ1) is 11.9. The van der Waals surface area contributed by atoms with E-state index in [9.17, 15) is 9.90 Å². The van der Waals surface area contributed by atoms with Crippen LogP contribution in [0.1, 0.15) is 42.0 Å². The molecule has 136 valence electrons. The second kappa shape index (κ2) is 8.16. The minimum atomic E-state index is -0.267. The van der Waals surface area contributed by atoms with Crippen LogP contribution in [-0.4, -0.2) is 40.6 Å². The third kappa shape index (κ3) is 4.20. The predicted octanol–water partition coefficient (Wildman–Crippen LogP) is 2.63. The molecule has 0 radical (unpaired) electrons. The molecule has 0 aliphatic heterocycles. The number of carbonyl (C=O) groups is 1. The Bertz CT molecular complexity index is 740. The first-order valence-electron chi connectivity index (χ1n) is 8.54. The molecular weight excluding hydrogens is 318 g/mol. The topological polar surface area (TPSA) is 76.4 Å². The highest BCUT2D eigenvalue weighted by atomic mass is 16.5. The van der Waals surface area contributed by atoms with E-state index in [2.05, 4.69) is 10.4 Å². The van der Waals surface area contributed by atoms with Crippen molar-refractivity contribution in [1.29, 1.82) is 0 Å². The van der Waals surface area contributed by atoms with Gasteiger partial charge in [0, 0.05) is 11.3 Å². The van der Waals surface area contributed by atoms with Gasteiger partial charge in [0.15, 0.2) is 0 Å². The van der Waals surface area contributed by atoms with Gasteiger partial charge in [0.25, 0.3) is 5.91 Å². The number of hydrogen-bond acceptors (Lipinski definition) is 4. The minimum absolute atomic E-state index is 0.0821. The van der Waals surface area contributed by atoms with E-state index in [4.69, 9.17) is 4.74 Å². The molecule has 0 saturated heterocycles. The van der Waals surface area contributed by atoms with Crippen LogP contribution >= 0.6 is 0 Å². The number of aromatic nitrogens is 2. The summed E-state index contributed by atoms with van der Waals surface area (Å²) in [5, 5.41) is 16.9. The summed E-state index contributed by atoms with van der Waals surface area (Å²) in [6.45, 7) is 7.84. The Morgan fingerprint density at radius 3 is 2.60 bits per heavy atom. The summed E-state index contributed by atoms with van der Waals surface area (Å²) in [6, 6.07) is 6.94. The summed E-state index contributed by atoms with van der Waals surface area (Å²) >= 11 is 0. The van der Waals surface area contributed by atoms with Gasteiger partial charge in [0.2, 0.25) is 0 Å². The Morgan fingerprint density at radius 1 is 1.36 bits per heavy atom. The van der Waals surface area contributed by atoms with Crippen LogP contribution < -0.4 is 10.1 Å². The number of rotatable bonds is 7. The van der Waals surface area contributed by atoms with Crippen molar-refractivity contribution in [2.24, 2.45) is 5.92 Å². The van der Waals surface area contributed by atoms with Gasteiger partial charge in [-0.2, -0.15) is 5.10 Å². The van der Waals surface area contributed by atoms with Crippen molar-refractivity contribution >= 4 is 5.91 Å². The molecule has 1 aromatic carbocycles. The van der Waals surface area contributed by atoms with E-state index in [0.717, 1.165) is 17.8 Å². The number of methoxy groups -OCH3 is 1. The number of aliphatic hydroxyl groups excluding tert-OH is 1. The van der Waals surface area contributed by atoms with Crippen LogP contribution in [0.25, 0.3) is 5.69 Å². The molecule has 0 spiro atoms. The van der Waals surface area contributed by atoms with Gasteiger partial charge in [-0.15, -0.1) is 0 Å². The average molecular weight is 345 g/mol. The molecule has 2 N–H and O–H groups in total. The highest BCUT2D eigenvalue weighted by Crippen LogP contribution is 2.25. The minimum Gasteiger partial charge on any atom is -0.494 e. The molecule has 25 heavy (non-hydrogen) atoms. The van der Waals surface area contributed by atoms with E-state index in [1.54, 1.807) is 30.0 Å². The second-order valence-corrected chi connectivity index (χ2v) is 6.37. The largest absolute Gasteiger partial charge is 0.494 e. The number of carbonyl (C=O) groups excluding carboxylic acids is 1. The summed E-state index contributed by atoms with van der Waals surface area (Å²) in [4.78, 5) is 12.6. The van der Waals surface area contributed by atoms with Gasteiger partial charge in [-0.05, 0) is 44.0 Å². The van der Waals surface area contributed by atoms with Crippen LogP contribution in [0.4, 0.5) is 0 Å². The number of amides is 1. The molecule has 6 heteroatoms. The van der Waals surface area contributed by atoms with Crippen molar-refractivity contribution in [3.05, 3.63) is 41.2 Å². The van der Waals surface area contributed by atoms with E-state index in [0.29, 0.717) is 17.0 Å². The molecule has 1 amide bonds. The fourth-order valence-corrected chi connectivity index (χ4v) is 2.77. The van der Waals surface area contributed by atoms with Gasteiger partial charge < -0.3 is 15.2 Å². The van der Waals surface area contributed by atoms with Crippen LogP contribution in [-0.2, 0) is 0 Å². The van der Waals surface area contributed by atoms with Gasteiger partial charge in [-0.25, -0.2) is 4.68 Å². The third-order valence-electron chi connectivity index (χ3n) is 4.52. The highest BCUT2D eigenvalue weighted by molar-refractivity contribution is 5.95. The zero-order valence-corrected chi connectivity index (χ0v) is 15.5. The number of aryl methyl sites for hydroxylation is 2. The smallest absolute Gasteiger partial charge is 0.251 e. The monoisotopic (exact) mass is 345 g/mol. The Kier molecular flexibility index (Phi) is 6.20. The molecular formula is C19H27N3O3. The third-order valence-corrected chi connectivity index (χ3v) is 4.52. The molecule has 0 saturated carbocycles. The zero-order chi connectivity index (χ0) is 18.6. The Hall–Kier alpha value is -2.34.